The van der Waals surface area contributed by atoms with Crippen LogP contribution in [0, 0.1) is 6.92 Å². The molecule has 0 bridgehead atoms. The molecule has 5 nitrogen and oxygen atoms in total. The normalized spacial score (nSPS) is 10.7. The molecular weight excluding hydrogens is 322 g/mol. The number of hydrogen-bond donors (Lipinski definition) is 1. The van der Waals surface area contributed by atoms with Gasteiger partial charge >= 0.3 is 0 Å². The topological polar surface area (TPSA) is 77.6 Å². The zero-order chi connectivity index (χ0) is 17.9. The number of aromatic nitrogens is 4. The van der Waals surface area contributed by atoms with E-state index in [1.807, 2.05) is 36.4 Å². The maximum absolute atomic E-state index is 5.54. The van der Waals surface area contributed by atoms with E-state index in [1.54, 1.807) is 0 Å². The third-order valence-corrected chi connectivity index (χ3v) is 4.33. The van der Waals surface area contributed by atoms with Crippen LogP contribution in [0.4, 0.5) is 5.95 Å². The highest BCUT2D eigenvalue weighted by Crippen LogP contribution is 2.35. The van der Waals surface area contributed by atoms with Gasteiger partial charge in [0.15, 0.2) is 0 Å². The second-order valence-corrected chi connectivity index (χ2v) is 6.01. The van der Waals surface area contributed by atoms with Gasteiger partial charge in [0, 0.05) is 5.56 Å². The van der Waals surface area contributed by atoms with E-state index < -0.39 is 0 Å². The van der Waals surface area contributed by atoms with Gasteiger partial charge in [-0.1, -0.05) is 60.7 Å². The fourth-order valence-corrected chi connectivity index (χ4v) is 3.01. The zero-order valence-corrected chi connectivity index (χ0v) is 14.3. The molecule has 1 heterocycles. The fourth-order valence-electron chi connectivity index (χ4n) is 3.01. The van der Waals surface area contributed by atoms with Crippen LogP contribution >= 0.6 is 0 Å². The van der Waals surface area contributed by atoms with Gasteiger partial charge in [-0.15, -0.1) is 20.4 Å². The molecule has 3 aromatic carbocycles. The molecule has 4 aromatic rings. The number of anilines is 1. The van der Waals surface area contributed by atoms with Crippen molar-refractivity contribution < 1.29 is 0 Å². The summed E-state index contributed by atoms with van der Waals surface area (Å²) < 4.78 is 0. The van der Waals surface area contributed by atoms with E-state index in [-0.39, 0.29) is 5.95 Å². The van der Waals surface area contributed by atoms with Crippen LogP contribution < -0.4 is 5.73 Å². The van der Waals surface area contributed by atoms with Crippen LogP contribution in [0.2, 0.25) is 0 Å². The molecular formula is C21H17N5. The van der Waals surface area contributed by atoms with Gasteiger partial charge in [0.2, 0.25) is 5.82 Å². The summed E-state index contributed by atoms with van der Waals surface area (Å²) >= 11 is 0. The minimum atomic E-state index is 0.0638. The van der Waals surface area contributed by atoms with Gasteiger partial charge in [0.1, 0.15) is 0 Å². The molecule has 5 heteroatoms. The van der Waals surface area contributed by atoms with Crippen molar-refractivity contribution >= 4 is 5.95 Å². The molecule has 26 heavy (non-hydrogen) atoms. The number of nitrogens with two attached hydrogens (primary N) is 1. The summed E-state index contributed by atoms with van der Waals surface area (Å²) in [5.41, 5.74) is 12.0. The number of rotatable bonds is 3. The van der Waals surface area contributed by atoms with Crippen LogP contribution in [0.15, 0.2) is 72.8 Å². The first-order valence-corrected chi connectivity index (χ1v) is 8.31. The Morgan fingerprint density at radius 3 is 1.77 bits per heavy atom. The second-order valence-electron chi connectivity index (χ2n) is 6.01. The lowest BCUT2D eigenvalue weighted by Crippen LogP contribution is -2.03. The van der Waals surface area contributed by atoms with Gasteiger partial charge in [0.25, 0.3) is 5.95 Å². The quantitative estimate of drug-likeness (QED) is 0.606. The Morgan fingerprint density at radius 2 is 1.15 bits per heavy atom. The third-order valence-electron chi connectivity index (χ3n) is 4.33. The maximum atomic E-state index is 5.54. The number of benzene rings is 3. The summed E-state index contributed by atoms with van der Waals surface area (Å²) in [5.74, 6) is 0.528. The molecule has 1 aromatic heterocycles. The van der Waals surface area contributed by atoms with Gasteiger partial charge in [-0.3, -0.25) is 0 Å². The van der Waals surface area contributed by atoms with Crippen LogP contribution in [0.5, 0.6) is 0 Å². The summed E-state index contributed by atoms with van der Waals surface area (Å²) in [4.78, 5) is 0. The van der Waals surface area contributed by atoms with E-state index in [2.05, 4.69) is 63.7 Å². The monoisotopic (exact) mass is 339 g/mol. The van der Waals surface area contributed by atoms with E-state index in [0.29, 0.717) is 5.82 Å². The molecule has 0 radical (unpaired) electrons. The van der Waals surface area contributed by atoms with Crippen molar-refractivity contribution in [2.75, 3.05) is 5.73 Å². The summed E-state index contributed by atoms with van der Waals surface area (Å²) in [5, 5.41) is 16.0. The molecule has 0 unspecified atom stereocenters. The van der Waals surface area contributed by atoms with Gasteiger partial charge in [-0.25, -0.2) is 0 Å². The predicted octanol–water partition coefficient (Wildman–Crippen LogP) is 4.16. The molecule has 0 aliphatic heterocycles. The molecule has 0 saturated carbocycles. The van der Waals surface area contributed by atoms with Crippen molar-refractivity contribution in [1.82, 2.24) is 20.4 Å². The molecule has 0 amide bonds. The van der Waals surface area contributed by atoms with Crippen LogP contribution in [-0.2, 0) is 0 Å². The summed E-state index contributed by atoms with van der Waals surface area (Å²) in [7, 11) is 0. The van der Waals surface area contributed by atoms with Gasteiger partial charge < -0.3 is 5.73 Å². The number of hydrogen-bond acceptors (Lipinski definition) is 5. The molecule has 126 valence electrons. The van der Waals surface area contributed by atoms with Crippen molar-refractivity contribution in [2.24, 2.45) is 0 Å². The largest absolute Gasteiger partial charge is 0.365 e. The highest BCUT2D eigenvalue weighted by Gasteiger charge is 2.14. The lowest BCUT2D eigenvalue weighted by atomic mass is 9.91. The standard InChI is InChI=1S/C21H17N5/c1-14-18(16-10-6-3-7-11-16)12-17(15-8-4-2-5-9-15)13-19(14)20-23-25-21(22)26-24-20/h2-13H,1H3,(H2,22,25,26). The second kappa shape index (κ2) is 6.72. The molecule has 0 spiro atoms. The first-order valence-electron chi connectivity index (χ1n) is 8.31. The van der Waals surface area contributed by atoms with Crippen LogP contribution in [0.25, 0.3) is 33.6 Å². The molecule has 0 fully saturated rings. The van der Waals surface area contributed by atoms with Crippen molar-refractivity contribution in [2.45, 2.75) is 6.92 Å². The molecule has 0 saturated heterocycles. The molecule has 4 rings (SSSR count). The average Bonchev–Trinajstić information content (AvgIpc) is 2.70. The first-order chi connectivity index (χ1) is 12.7. The van der Waals surface area contributed by atoms with Crippen molar-refractivity contribution in [3.8, 4) is 33.6 Å². The smallest absolute Gasteiger partial charge is 0.259 e. The number of nitrogen functional groups attached to an aromatic ring is 1. The number of nitrogens with zero attached hydrogens (tertiary/aromatic N) is 4. The van der Waals surface area contributed by atoms with Crippen molar-refractivity contribution in [3.05, 3.63) is 78.4 Å². The molecule has 0 atom stereocenters. The lowest BCUT2D eigenvalue weighted by molar-refractivity contribution is 0.880. The average molecular weight is 339 g/mol. The highest BCUT2D eigenvalue weighted by molar-refractivity contribution is 5.83. The maximum Gasteiger partial charge on any atom is 0.259 e. The van der Waals surface area contributed by atoms with E-state index in [1.165, 1.54) is 0 Å². The van der Waals surface area contributed by atoms with Crippen LogP contribution in [-0.4, -0.2) is 20.4 Å². The van der Waals surface area contributed by atoms with Crippen molar-refractivity contribution in [1.29, 1.82) is 0 Å². The predicted molar refractivity (Wildman–Crippen MR) is 103 cm³/mol. The van der Waals surface area contributed by atoms with E-state index in [4.69, 9.17) is 5.73 Å². The Balaban J connectivity index is 1.97. The minimum absolute atomic E-state index is 0.0638. The van der Waals surface area contributed by atoms with E-state index in [9.17, 15) is 0 Å². The van der Waals surface area contributed by atoms with Crippen molar-refractivity contribution in [3.63, 3.8) is 0 Å². The highest BCUT2D eigenvalue weighted by atomic mass is 15.3. The minimum Gasteiger partial charge on any atom is -0.365 e. The van der Waals surface area contributed by atoms with Gasteiger partial charge in [-0.05, 0) is 46.9 Å². The molecule has 2 N–H and O–H groups in total. The molecule has 0 aliphatic rings. The van der Waals surface area contributed by atoms with E-state index in [0.717, 1.165) is 33.4 Å². The fraction of sp³-hybridized carbons (Fsp3) is 0.0476. The van der Waals surface area contributed by atoms with Gasteiger partial charge in [-0.2, -0.15) is 0 Å². The Labute approximate surface area is 151 Å². The van der Waals surface area contributed by atoms with Crippen LogP contribution in [0.3, 0.4) is 0 Å². The molecule has 0 aliphatic carbocycles. The first kappa shape index (κ1) is 15.9. The Morgan fingerprint density at radius 1 is 0.615 bits per heavy atom. The Hall–Kier alpha value is -3.60. The van der Waals surface area contributed by atoms with E-state index >= 15 is 0 Å². The Bertz CT molecular complexity index is 1030. The summed E-state index contributed by atoms with van der Waals surface area (Å²) in [6, 6.07) is 24.8. The zero-order valence-electron chi connectivity index (χ0n) is 14.3. The Kier molecular flexibility index (Phi) is 4.11. The summed E-state index contributed by atoms with van der Waals surface area (Å²) in [6.45, 7) is 2.06. The van der Waals surface area contributed by atoms with Gasteiger partial charge in [0.05, 0.1) is 0 Å². The van der Waals surface area contributed by atoms with Crippen LogP contribution in [0.1, 0.15) is 5.56 Å². The third kappa shape index (κ3) is 3.02. The summed E-state index contributed by atoms with van der Waals surface area (Å²) in [6.07, 6.45) is 0. The lowest BCUT2D eigenvalue weighted by Gasteiger charge is -2.14. The SMILES string of the molecule is Cc1c(-c2ccccc2)cc(-c2ccccc2)cc1-c1nnc(N)nn1.